The van der Waals surface area contributed by atoms with E-state index in [1.807, 2.05) is 36.4 Å². The molecule has 0 saturated heterocycles. The molecule has 20 heavy (non-hydrogen) atoms. The maximum atomic E-state index is 13.0. The van der Waals surface area contributed by atoms with Crippen molar-refractivity contribution in [2.24, 2.45) is 0 Å². The van der Waals surface area contributed by atoms with Gasteiger partial charge in [0.2, 0.25) is 0 Å². The van der Waals surface area contributed by atoms with Gasteiger partial charge in [-0.1, -0.05) is 97.0 Å². The standard InChI is InChI=1S/C17H20OSi2/c1-3-19(15-11-7-5-8-12-15)17(18)20(4-2)16-13-9-6-10-14-16/h5-14H,3-4H2,1-2H3. The van der Waals surface area contributed by atoms with Crippen LogP contribution in [-0.2, 0) is 0 Å². The lowest BCUT2D eigenvalue weighted by Gasteiger charge is -2.18. The van der Waals surface area contributed by atoms with E-state index >= 15 is 0 Å². The molecule has 0 amide bonds. The van der Waals surface area contributed by atoms with Gasteiger partial charge >= 0.3 is 0 Å². The van der Waals surface area contributed by atoms with E-state index in [9.17, 15) is 4.79 Å². The Morgan fingerprint density at radius 1 is 0.750 bits per heavy atom. The van der Waals surface area contributed by atoms with Crippen molar-refractivity contribution in [2.75, 3.05) is 0 Å². The van der Waals surface area contributed by atoms with Gasteiger partial charge in [0.05, 0.1) is 5.03 Å². The Labute approximate surface area is 124 Å². The average molecular weight is 297 g/mol. The summed E-state index contributed by atoms with van der Waals surface area (Å²) in [5, 5.41) is 3.07. The molecule has 0 unspecified atom stereocenters. The van der Waals surface area contributed by atoms with Crippen molar-refractivity contribution in [2.45, 2.75) is 25.9 Å². The van der Waals surface area contributed by atoms with Crippen LogP contribution < -0.4 is 10.4 Å². The molecule has 0 atom stereocenters. The van der Waals surface area contributed by atoms with Crippen LogP contribution in [-0.4, -0.2) is 22.6 Å². The molecule has 0 aliphatic heterocycles. The summed E-state index contributed by atoms with van der Waals surface area (Å²) in [6, 6.07) is 22.7. The first-order chi connectivity index (χ1) is 9.77. The van der Waals surface area contributed by atoms with Gasteiger partial charge in [-0.05, 0) is 0 Å². The smallest absolute Gasteiger partial charge is 0.162 e. The zero-order chi connectivity index (χ0) is 14.4. The summed E-state index contributed by atoms with van der Waals surface area (Å²) in [6.07, 6.45) is 0. The van der Waals surface area contributed by atoms with Gasteiger partial charge < -0.3 is 4.79 Å². The van der Waals surface area contributed by atoms with Crippen LogP contribution in [0.3, 0.4) is 0 Å². The van der Waals surface area contributed by atoms with Crippen LogP contribution in [0, 0.1) is 0 Å². The number of carbonyl (C=O) groups excluding carboxylic acids is 1. The van der Waals surface area contributed by atoms with Crippen molar-refractivity contribution in [3.63, 3.8) is 0 Å². The maximum Gasteiger partial charge on any atom is 0.162 e. The van der Waals surface area contributed by atoms with Crippen molar-refractivity contribution in [3.05, 3.63) is 60.7 Å². The van der Waals surface area contributed by atoms with Crippen molar-refractivity contribution in [1.82, 2.24) is 0 Å². The van der Waals surface area contributed by atoms with Crippen molar-refractivity contribution < 1.29 is 4.79 Å². The zero-order valence-electron chi connectivity index (χ0n) is 12.1. The largest absolute Gasteiger partial charge is 0.310 e. The van der Waals surface area contributed by atoms with Gasteiger partial charge in [0.1, 0.15) is 0 Å². The summed E-state index contributed by atoms with van der Waals surface area (Å²) in [5.74, 6) is 0. The maximum absolute atomic E-state index is 13.0. The van der Waals surface area contributed by atoms with Gasteiger partial charge in [-0.3, -0.25) is 0 Å². The lowest BCUT2D eigenvalue weighted by atomic mass is 10.4. The monoisotopic (exact) mass is 296 g/mol. The molecule has 3 heteroatoms. The van der Waals surface area contributed by atoms with E-state index in [-0.39, 0.29) is 0 Å². The van der Waals surface area contributed by atoms with Crippen LogP contribution in [0.4, 0.5) is 4.79 Å². The normalized spacial score (nSPS) is 11.0. The molecule has 0 saturated carbocycles. The molecule has 0 fully saturated rings. The Bertz CT molecular complexity index is 490. The summed E-state index contributed by atoms with van der Waals surface area (Å²) < 4.78 is 0. The van der Waals surface area contributed by atoms with Gasteiger partial charge in [-0.25, -0.2) is 0 Å². The third kappa shape index (κ3) is 3.35. The molecule has 2 aromatic carbocycles. The summed E-state index contributed by atoms with van der Waals surface area (Å²) in [6.45, 7) is 4.30. The SMILES string of the molecule is CC[Si](C(=O)[Si](CC)c1ccccc1)c1ccccc1. The molecule has 0 aliphatic rings. The Kier molecular flexibility index (Phi) is 5.50. The second-order valence-corrected chi connectivity index (χ2v) is 10.6. The Morgan fingerprint density at radius 3 is 1.40 bits per heavy atom. The van der Waals surface area contributed by atoms with Crippen molar-refractivity contribution >= 4 is 33.0 Å². The molecule has 0 bridgehead atoms. The molecular formula is C17H20OSi2. The number of carbonyl (C=O) groups is 1. The van der Waals surface area contributed by atoms with Gasteiger partial charge in [0, 0.05) is 0 Å². The van der Waals surface area contributed by atoms with E-state index in [0.717, 1.165) is 12.1 Å². The van der Waals surface area contributed by atoms with Crippen LogP contribution in [0.15, 0.2) is 60.7 Å². The number of rotatable bonds is 6. The van der Waals surface area contributed by atoms with Crippen molar-refractivity contribution in [3.8, 4) is 0 Å². The summed E-state index contributed by atoms with van der Waals surface area (Å²) in [4.78, 5) is 13.0. The third-order valence-electron chi connectivity index (χ3n) is 3.50. The molecule has 102 valence electrons. The fraction of sp³-hybridized carbons (Fsp3) is 0.235. The van der Waals surface area contributed by atoms with E-state index in [1.165, 1.54) is 10.4 Å². The molecule has 2 radical (unpaired) electrons. The van der Waals surface area contributed by atoms with Crippen LogP contribution in [0.25, 0.3) is 0 Å². The number of hydrogen-bond acceptors (Lipinski definition) is 1. The minimum Gasteiger partial charge on any atom is -0.310 e. The topological polar surface area (TPSA) is 17.1 Å². The molecule has 0 aliphatic carbocycles. The van der Waals surface area contributed by atoms with E-state index in [1.54, 1.807) is 0 Å². The Balaban J connectivity index is 2.28. The summed E-state index contributed by atoms with van der Waals surface area (Å²) >= 11 is 0. The minimum atomic E-state index is -1.09. The highest BCUT2D eigenvalue weighted by atomic mass is 28.3. The van der Waals surface area contributed by atoms with E-state index < -0.39 is 17.6 Å². The quantitative estimate of drug-likeness (QED) is 0.749. The fourth-order valence-electron chi connectivity index (χ4n) is 2.45. The van der Waals surface area contributed by atoms with Gasteiger partial charge in [0.25, 0.3) is 0 Å². The first kappa shape index (κ1) is 14.9. The van der Waals surface area contributed by atoms with Crippen LogP contribution in [0.1, 0.15) is 13.8 Å². The Morgan fingerprint density at radius 2 is 1.10 bits per heavy atom. The number of benzene rings is 2. The highest BCUT2D eigenvalue weighted by Crippen LogP contribution is 2.05. The van der Waals surface area contributed by atoms with Gasteiger partial charge in [0.15, 0.2) is 17.6 Å². The van der Waals surface area contributed by atoms with Crippen LogP contribution >= 0.6 is 0 Å². The fourth-order valence-corrected chi connectivity index (χ4v) is 9.01. The van der Waals surface area contributed by atoms with E-state index in [0.29, 0.717) is 5.03 Å². The van der Waals surface area contributed by atoms with E-state index in [4.69, 9.17) is 0 Å². The molecule has 2 aromatic rings. The second-order valence-electron chi connectivity index (χ2n) is 4.73. The zero-order valence-corrected chi connectivity index (χ0v) is 14.1. The highest BCUT2D eigenvalue weighted by molar-refractivity contribution is 7.26. The van der Waals surface area contributed by atoms with Crippen molar-refractivity contribution in [1.29, 1.82) is 0 Å². The first-order valence-electron chi connectivity index (χ1n) is 7.15. The molecule has 0 aromatic heterocycles. The third-order valence-corrected chi connectivity index (χ3v) is 9.88. The summed E-state index contributed by atoms with van der Waals surface area (Å²) in [5.41, 5.74) is 0. The van der Waals surface area contributed by atoms with Gasteiger partial charge in [-0.15, -0.1) is 0 Å². The first-order valence-corrected chi connectivity index (χ1v) is 10.6. The average Bonchev–Trinajstić information content (AvgIpc) is 2.51. The van der Waals surface area contributed by atoms with Crippen LogP contribution in [0.5, 0.6) is 0 Å². The molecular weight excluding hydrogens is 276 g/mol. The van der Waals surface area contributed by atoms with Gasteiger partial charge in [-0.2, -0.15) is 0 Å². The van der Waals surface area contributed by atoms with Crippen LogP contribution in [0.2, 0.25) is 12.1 Å². The second kappa shape index (κ2) is 7.36. The molecule has 0 spiro atoms. The molecule has 1 nitrogen and oxygen atoms in total. The van der Waals surface area contributed by atoms with E-state index in [2.05, 4.69) is 38.1 Å². The highest BCUT2D eigenvalue weighted by Gasteiger charge is 2.30. The Hall–Kier alpha value is -1.46. The summed E-state index contributed by atoms with van der Waals surface area (Å²) in [7, 11) is -2.18. The lowest BCUT2D eigenvalue weighted by Crippen LogP contribution is -2.50. The molecule has 0 heterocycles. The predicted octanol–water partition coefficient (Wildman–Crippen LogP) is 3.11. The number of hydrogen-bond donors (Lipinski definition) is 0. The minimum absolute atomic E-state index is 0.544. The predicted molar refractivity (Wildman–Crippen MR) is 90.0 cm³/mol. The lowest BCUT2D eigenvalue weighted by molar-refractivity contribution is 0.273. The molecule has 0 N–H and O–H groups in total. The molecule has 2 rings (SSSR count).